The van der Waals surface area contributed by atoms with E-state index in [9.17, 15) is 0 Å². The van der Waals surface area contributed by atoms with E-state index in [-0.39, 0.29) is 11.6 Å². The first-order chi connectivity index (χ1) is 8.05. The van der Waals surface area contributed by atoms with Gasteiger partial charge in [0.25, 0.3) is 0 Å². The van der Waals surface area contributed by atoms with Crippen molar-refractivity contribution in [3.05, 3.63) is 18.0 Å². The Labute approximate surface area is 104 Å². The van der Waals surface area contributed by atoms with Gasteiger partial charge in [-0.15, -0.1) is 0 Å². The van der Waals surface area contributed by atoms with Crippen molar-refractivity contribution in [3.8, 4) is 0 Å². The van der Waals surface area contributed by atoms with Crippen LogP contribution >= 0.6 is 0 Å². The largest absolute Gasteiger partial charge is 0.374 e. The van der Waals surface area contributed by atoms with E-state index in [0.29, 0.717) is 0 Å². The van der Waals surface area contributed by atoms with Crippen molar-refractivity contribution in [2.45, 2.75) is 45.3 Å². The first-order valence-electron chi connectivity index (χ1n) is 6.35. The number of nitrogens with zero attached hydrogens (tertiary/aromatic N) is 2. The molecule has 2 atom stereocenters. The maximum Gasteiger partial charge on any atom is 0.0807 e. The SMILES string of the molecule is CCOC(C)(CC)C(Cc1ccn(C)n1)NC. The van der Waals surface area contributed by atoms with Gasteiger partial charge < -0.3 is 10.1 Å². The molecule has 0 saturated heterocycles. The molecule has 1 rings (SSSR count). The fourth-order valence-electron chi connectivity index (χ4n) is 2.18. The molecule has 0 radical (unpaired) electrons. The lowest BCUT2D eigenvalue weighted by Crippen LogP contribution is -2.50. The average Bonchev–Trinajstić information content (AvgIpc) is 2.72. The Morgan fingerprint density at radius 2 is 2.24 bits per heavy atom. The maximum atomic E-state index is 5.91. The second-order valence-corrected chi connectivity index (χ2v) is 4.63. The van der Waals surface area contributed by atoms with Crippen LogP contribution in [0.1, 0.15) is 32.9 Å². The van der Waals surface area contributed by atoms with Crippen molar-refractivity contribution in [2.24, 2.45) is 7.05 Å². The molecule has 1 heterocycles. The Morgan fingerprint density at radius 3 is 2.65 bits per heavy atom. The van der Waals surface area contributed by atoms with Crippen LogP contribution in [0, 0.1) is 0 Å². The number of ether oxygens (including phenoxy) is 1. The van der Waals surface area contributed by atoms with E-state index in [2.05, 4.69) is 30.3 Å². The minimum absolute atomic E-state index is 0.138. The molecule has 4 nitrogen and oxygen atoms in total. The summed E-state index contributed by atoms with van der Waals surface area (Å²) in [5.74, 6) is 0. The predicted octanol–water partition coefficient (Wildman–Crippen LogP) is 1.76. The number of likely N-dealkylation sites (N-methyl/N-ethyl adjacent to an activating group) is 1. The van der Waals surface area contributed by atoms with Gasteiger partial charge in [-0.25, -0.2) is 0 Å². The molecule has 0 bridgehead atoms. The fraction of sp³-hybridized carbons (Fsp3) is 0.769. The van der Waals surface area contributed by atoms with Crippen LogP contribution in [0.5, 0.6) is 0 Å². The molecule has 0 aliphatic heterocycles. The molecule has 0 fully saturated rings. The Kier molecular flexibility index (Phi) is 5.15. The standard InChI is InChI=1S/C13H25N3O/c1-6-13(3,17-7-2)12(14-4)10-11-8-9-16(5)15-11/h8-9,12,14H,6-7,10H2,1-5H3. The molecule has 0 spiro atoms. The van der Waals surface area contributed by atoms with E-state index in [1.165, 1.54) is 0 Å². The van der Waals surface area contributed by atoms with Crippen LogP contribution in [0.15, 0.2) is 12.3 Å². The van der Waals surface area contributed by atoms with Crippen LogP contribution in [-0.4, -0.2) is 35.1 Å². The Balaban J connectivity index is 2.75. The predicted molar refractivity (Wildman–Crippen MR) is 70.1 cm³/mol. The number of hydrogen-bond acceptors (Lipinski definition) is 3. The second-order valence-electron chi connectivity index (χ2n) is 4.63. The number of aryl methyl sites for hydroxylation is 1. The number of aromatic nitrogens is 2. The van der Waals surface area contributed by atoms with Gasteiger partial charge in [-0.3, -0.25) is 4.68 Å². The fourth-order valence-corrected chi connectivity index (χ4v) is 2.18. The van der Waals surface area contributed by atoms with E-state index in [1.54, 1.807) is 0 Å². The Morgan fingerprint density at radius 1 is 1.53 bits per heavy atom. The Hall–Kier alpha value is -0.870. The summed E-state index contributed by atoms with van der Waals surface area (Å²) in [7, 11) is 3.93. The minimum Gasteiger partial charge on any atom is -0.374 e. The first kappa shape index (κ1) is 14.2. The zero-order valence-corrected chi connectivity index (χ0v) is 11.7. The smallest absolute Gasteiger partial charge is 0.0807 e. The van der Waals surface area contributed by atoms with Crippen molar-refractivity contribution >= 4 is 0 Å². The van der Waals surface area contributed by atoms with Gasteiger partial charge in [0.05, 0.1) is 11.3 Å². The van der Waals surface area contributed by atoms with E-state index in [0.717, 1.165) is 25.1 Å². The summed E-state index contributed by atoms with van der Waals surface area (Å²) in [6.07, 6.45) is 3.85. The van der Waals surface area contributed by atoms with Gasteiger partial charge >= 0.3 is 0 Å². The summed E-state index contributed by atoms with van der Waals surface area (Å²) in [5, 5.41) is 7.79. The van der Waals surface area contributed by atoms with Crippen molar-refractivity contribution in [1.29, 1.82) is 0 Å². The molecule has 0 amide bonds. The van der Waals surface area contributed by atoms with Crippen LogP contribution in [0.3, 0.4) is 0 Å². The van der Waals surface area contributed by atoms with Gasteiger partial charge in [0.2, 0.25) is 0 Å². The zero-order valence-electron chi connectivity index (χ0n) is 11.7. The molecule has 0 saturated carbocycles. The van der Waals surface area contributed by atoms with Gasteiger partial charge in [0, 0.05) is 32.3 Å². The second kappa shape index (κ2) is 6.17. The molecule has 2 unspecified atom stereocenters. The topological polar surface area (TPSA) is 39.1 Å². The van der Waals surface area contributed by atoms with E-state index in [4.69, 9.17) is 4.74 Å². The van der Waals surface area contributed by atoms with E-state index in [1.807, 2.05) is 31.9 Å². The highest BCUT2D eigenvalue weighted by Crippen LogP contribution is 2.22. The Bertz CT molecular complexity index is 337. The average molecular weight is 239 g/mol. The molecular formula is C13H25N3O. The summed E-state index contributed by atoms with van der Waals surface area (Å²) in [4.78, 5) is 0. The highest BCUT2D eigenvalue weighted by molar-refractivity contribution is 5.04. The van der Waals surface area contributed by atoms with Crippen LogP contribution < -0.4 is 5.32 Å². The summed E-state index contributed by atoms with van der Waals surface area (Å²) < 4.78 is 7.75. The normalized spacial score (nSPS) is 16.8. The number of rotatable bonds is 7. The molecule has 1 N–H and O–H groups in total. The van der Waals surface area contributed by atoms with Crippen molar-refractivity contribution in [2.75, 3.05) is 13.7 Å². The van der Waals surface area contributed by atoms with Crippen molar-refractivity contribution < 1.29 is 4.74 Å². The van der Waals surface area contributed by atoms with Crippen LogP contribution in [-0.2, 0) is 18.2 Å². The third kappa shape index (κ3) is 3.54. The van der Waals surface area contributed by atoms with Gasteiger partial charge in [-0.2, -0.15) is 5.10 Å². The highest BCUT2D eigenvalue weighted by Gasteiger charge is 2.32. The molecule has 0 aliphatic carbocycles. The highest BCUT2D eigenvalue weighted by atomic mass is 16.5. The van der Waals surface area contributed by atoms with Gasteiger partial charge in [-0.05, 0) is 33.4 Å². The van der Waals surface area contributed by atoms with Crippen LogP contribution in [0.4, 0.5) is 0 Å². The quantitative estimate of drug-likeness (QED) is 0.788. The lowest BCUT2D eigenvalue weighted by Gasteiger charge is -2.36. The summed E-state index contributed by atoms with van der Waals surface area (Å²) in [6, 6.07) is 2.34. The molecule has 1 aromatic rings. The first-order valence-corrected chi connectivity index (χ1v) is 6.35. The lowest BCUT2D eigenvalue weighted by molar-refractivity contribution is -0.0536. The minimum atomic E-state index is -0.138. The molecule has 4 heteroatoms. The molecule has 17 heavy (non-hydrogen) atoms. The van der Waals surface area contributed by atoms with Crippen LogP contribution in [0.2, 0.25) is 0 Å². The van der Waals surface area contributed by atoms with Gasteiger partial charge in [0.1, 0.15) is 0 Å². The van der Waals surface area contributed by atoms with E-state index >= 15 is 0 Å². The van der Waals surface area contributed by atoms with Crippen molar-refractivity contribution in [3.63, 3.8) is 0 Å². The summed E-state index contributed by atoms with van der Waals surface area (Å²) in [6.45, 7) is 7.12. The third-order valence-electron chi connectivity index (χ3n) is 3.44. The van der Waals surface area contributed by atoms with Gasteiger partial charge in [-0.1, -0.05) is 6.92 Å². The maximum absolute atomic E-state index is 5.91. The summed E-state index contributed by atoms with van der Waals surface area (Å²) >= 11 is 0. The van der Waals surface area contributed by atoms with Gasteiger partial charge in [0.15, 0.2) is 0 Å². The molecule has 0 aliphatic rings. The van der Waals surface area contributed by atoms with E-state index < -0.39 is 0 Å². The molecule has 0 aromatic carbocycles. The summed E-state index contributed by atoms with van der Waals surface area (Å²) in [5.41, 5.74) is 0.965. The number of nitrogens with one attached hydrogen (secondary N) is 1. The molecule has 98 valence electrons. The zero-order chi connectivity index (χ0) is 12.9. The lowest BCUT2D eigenvalue weighted by atomic mass is 9.90. The third-order valence-corrected chi connectivity index (χ3v) is 3.44. The number of hydrogen-bond donors (Lipinski definition) is 1. The van der Waals surface area contributed by atoms with Crippen LogP contribution in [0.25, 0.3) is 0 Å². The monoisotopic (exact) mass is 239 g/mol. The van der Waals surface area contributed by atoms with Crippen molar-refractivity contribution in [1.82, 2.24) is 15.1 Å². The molecular weight excluding hydrogens is 214 g/mol. The molecule has 1 aromatic heterocycles.